The molecule has 0 aliphatic rings. The van der Waals surface area contributed by atoms with E-state index in [4.69, 9.17) is 0 Å². The molecule has 0 fully saturated rings. The predicted octanol–water partition coefficient (Wildman–Crippen LogP) is 4.33. The molecule has 4 heteroatoms. The topological polar surface area (TPSA) is 24.9 Å². The molecule has 1 N–H and O–H groups in total. The zero-order valence-electron chi connectivity index (χ0n) is 11.9. The fraction of sp³-hybridized carbons (Fsp3) is 0.400. The average molecular weight is 292 g/mol. The van der Waals surface area contributed by atoms with Crippen molar-refractivity contribution in [3.05, 3.63) is 45.4 Å². The van der Waals surface area contributed by atoms with Crippen molar-refractivity contribution in [2.75, 3.05) is 6.26 Å². The van der Waals surface area contributed by atoms with Crippen LogP contribution in [0, 0.1) is 13.8 Å². The molecular formula is C15H20N2S2. The number of benzene rings is 1. The number of hydrogen-bond donors (Lipinski definition) is 1. The Balaban J connectivity index is 1.96. The lowest BCUT2D eigenvalue weighted by molar-refractivity contribution is 0.579. The molecule has 2 rings (SSSR count). The third-order valence-electron chi connectivity index (χ3n) is 3.10. The Kier molecular flexibility index (Phi) is 5.02. The number of nitrogens with zero attached hydrogens (tertiary/aromatic N) is 1. The van der Waals surface area contributed by atoms with Crippen LogP contribution in [-0.2, 0) is 6.54 Å². The minimum atomic E-state index is 0.353. The van der Waals surface area contributed by atoms with Crippen molar-refractivity contribution in [1.29, 1.82) is 0 Å². The summed E-state index contributed by atoms with van der Waals surface area (Å²) in [6.07, 6.45) is 2.10. The summed E-state index contributed by atoms with van der Waals surface area (Å²) in [5.41, 5.74) is 2.48. The van der Waals surface area contributed by atoms with Crippen molar-refractivity contribution in [2.45, 2.75) is 38.3 Å². The van der Waals surface area contributed by atoms with Gasteiger partial charge < -0.3 is 5.32 Å². The van der Waals surface area contributed by atoms with E-state index in [9.17, 15) is 0 Å². The Morgan fingerprint density at radius 1 is 1.26 bits per heavy atom. The molecule has 1 heterocycles. The number of thioether (sulfide) groups is 1. The Labute approximate surface area is 123 Å². The van der Waals surface area contributed by atoms with Gasteiger partial charge in [0, 0.05) is 22.4 Å². The van der Waals surface area contributed by atoms with Gasteiger partial charge in [0.2, 0.25) is 0 Å². The summed E-state index contributed by atoms with van der Waals surface area (Å²) < 4.78 is 0. The van der Waals surface area contributed by atoms with Crippen LogP contribution in [0.3, 0.4) is 0 Å². The molecule has 0 aliphatic heterocycles. The molecule has 2 aromatic rings. The number of aryl methyl sites for hydroxylation is 2. The van der Waals surface area contributed by atoms with Crippen LogP contribution in [0.15, 0.2) is 29.2 Å². The van der Waals surface area contributed by atoms with Crippen LogP contribution in [0.25, 0.3) is 0 Å². The van der Waals surface area contributed by atoms with Crippen LogP contribution in [0.1, 0.15) is 34.1 Å². The normalized spacial score (nSPS) is 12.6. The SMILES string of the molecule is CSc1ccc(CNC(C)c2sc(C)nc2C)cc1. The Morgan fingerprint density at radius 3 is 2.47 bits per heavy atom. The molecule has 0 amide bonds. The first-order chi connectivity index (χ1) is 9.10. The van der Waals surface area contributed by atoms with E-state index in [0.717, 1.165) is 17.2 Å². The summed E-state index contributed by atoms with van der Waals surface area (Å²) >= 11 is 3.56. The summed E-state index contributed by atoms with van der Waals surface area (Å²) in [5.74, 6) is 0. The van der Waals surface area contributed by atoms with Crippen molar-refractivity contribution in [3.8, 4) is 0 Å². The van der Waals surface area contributed by atoms with E-state index in [1.807, 2.05) is 0 Å². The van der Waals surface area contributed by atoms with Crippen molar-refractivity contribution in [2.24, 2.45) is 0 Å². The zero-order valence-corrected chi connectivity index (χ0v) is 13.5. The summed E-state index contributed by atoms with van der Waals surface area (Å²) in [6.45, 7) is 7.25. The smallest absolute Gasteiger partial charge is 0.0900 e. The Hall–Kier alpha value is -0.840. The number of hydrogen-bond acceptors (Lipinski definition) is 4. The molecular weight excluding hydrogens is 272 g/mol. The van der Waals surface area contributed by atoms with Gasteiger partial charge in [-0.15, -0.1) is 23.1 Å². The molecule has 0 spiro atoms. The second-order valence-electron chi connectivity index (χ2n) is 4.63. The standard InChI is InChI=1S/C15H20N2S2/c1-10(15-11(2)17-12(3)19-15)16-9-13-5-7-14(18-4)8-6-13/h5-8,10,16H,9H2,1-4H3. The van der Waals surface area contributed by atoms with Crippen LogP contribution in [0.4, 0.5) is 0 Å². The molecule has 1 aromatic carbocycles. The summed E-state index contributed by atoms with van der Waals surface area (Å²) in [7, 11) is 0. The molecule has 1 unspecified atom stereocenters. The first kappa shape index (κ1) is 14.6. The van der Waals surface area contributed by atoms with Crippen LogP contribution in [0.2, 0.25) is 0 Å². The Bertz CT molecular complexity index is 532. The highest BCUT2D eigenvalue weighted by Gasteiger charge is 2.12. The van der Waals surface area contributed by atoms with Gasteiger partial charge in [0.05, 0.1) is 10.7 Å². The predicted molar refractivity (Wildman–Crippen MR) is 85.1 cm³/mol. The van der Waals surface area contributed by atoms with E-state index in [1.54, 1.807) is 23.1 Å². The summed E-state index contributed by atoms with van der Waals surface area (Å²) in [4.78, 5) is 7.14. The van der Waals surface area contributed by atoms with E-state index in [0.29, 0.717) is 6.04 Å². The fourth-order valence-electron chi connectivity index (χ4n) is 2.06. The van der Waals surface area contributed by atoms with Gasteiger partial charge in [0.1, 0.15) is 0 Å². The lowest BCUT2D eigenvalue weighted by atomic mass is 10.2. The highest BCUT2D eigenvalue weighted by atomic mass is 32.2. The summed E-state index contributed by atoms with van der Waals surface area (Å²) in [5, 5.41) is 4.71. The highest BCUT2D eigenvalue weighted by molar-refractivity contribution is 7.98. The van der Waals surface area contributed by atoms with Crippen molar-refractivity contribution in [1.82, 2.24) is 10.3 Å². The number of nitrogens with one attached hydrogen (secondary N) is 1. The first-order valence-corrected chi connectivity index (χ1v) is 8.44. The maximum Gasteiger partial charge on any atom is 0.0900 e. The molecule has 1 atom stereocenters. The van der Waals surface area contributed by atoms with E-state index in [1.165, 1.54) is 15.3 Å². The van der Waals surface area contributed by atoms with Crippen molar-refractivity contribution < 1.29 is 0 Å². The van der Waals surface area contributed by atoms with Crippen LogP contribution >= 0.6 is 23.1 Å². The molecule has 1 aromatic heterocycles. The second kappa shape index (κ2) is 6.55. The van der Waals surface area contributed by atoms with Gasteiger partial charge in [-0.2, -0.15) is 0 Å². The molecule has 0 saturated carbocycles. The lowest BCUT2D eigenvalue weighted by Crippen LogP contribution is -2.17. The van der Waals surface area contributed by atoms with Gasteiger partial charge in [-0.1, -0.05) is 12.1 Å². The molecule has 0 saturated heterocycles. The largest absolute Gasteiger partial charge is 0.305 e. The molecule has 2 nitrogen and oxygen atoms in total. The van der Waals surface area contributed by atoms with Gasteiger partial charge in [-0.25, -0.2) is 4.98 Å². The zero-order chi connectivity index (χ0) is 13.8. The van der Waals surface area contributed by atoms with Crippen LogP contribution in [-0.4, -0.2) is 11.2 Å². The minimum Gasteiger partial charge on any atom is -0.305 e. The van der Waals surface area contributed by atoms with Gasteiger partial charge in [0.15, 0.2) is 0 Å². The maximum absolute atomic E-state index is 4.49. The van der Waals surface area contributed by atoms with E-state index in [-0.39, 0.29) is 0 Å². The lowest BCUT2D eigenvalue weighted by Gasteiger charge is -2.13. The van der Waals surface area contributed by atoms with Crippen LogP contribution in [0.5, 0.6) is 0 Å². The van der Waals surface area contributed by atoms with E-state index < -0.39 is 0 Å². The second-order valence-corrected chi connectivity index (χ2v) is 6.75. The maximum atomic E-state index is 4.49. The fourth-order valence-corrected chi connectivity index (χ4v) is 3.42. The quantitative estimate of drug-likeness (QED) is 0.830. The molecule has 0 aliphatic carbocycles. The van der Waals surface area contributed by atoms with Gasteiger partial charge in [0.25, 0.3) is 0 Å². The minimum absolute atomic E-state index is 0.353. The summed E-state index contributed by atoms with van der Waals surface area (Å²) in [6, 6.07) is 9.08. The number of rotatable bonds is 5. The van der Waals surface area contributed by atoms with E-state index in [2.05, 4.69) is 61.6 Å². The van der Waals surface area contributed by atoms with E-state index >= 15 is 0 Å². The van der Waals surface area contributed by atoms with Gasteiger partial charge in [-0.3, -0.25) is 0 Å². The third kappa shape index (κ3) is 3.81. The number of thiazole rings is 1. The average Bonchev–Trinajstić information content (AvgIpc) is 2.75. The molecule has 19 heavy (non-hydrogen) atoms. The van der Waals surface area contributed by atoms with Gasteiger partial charge >= 0.3 is 0 Å². The molecule has 0 bridgehead atoms. The van der Waals surface area contributed by atoms with Crippen LogP contribution < -0.4 is 5.32 Å². The first-order valence-electron chi connectivity index (χ1n) is 6.40. The highest BCUT2D eigenvalue weighted by Crippen LogP contribution is 2.24. The number of aromatic nitrogens is 1. The molecule has 102 valence electrons. The van der Waals surface area contributed by atoms with Gasteiger partial charge in [-0.05, 0) is 44.7 Å². The monoisotopic (exact) mass is 292 g/mol. The van der Waals surface area contributed by atoms with Crippen molar-refractivity contribution in [3.63, 3.8) is 0 Å². The van der Waals surface area contributed by atoms with Crippen molar-refractivity contribution >= 4 is 23.1 Å². The molecule has 0 radical (unpaired) electrons. The Morgan fingerprint density at radius 2 is 1.95 bits per heavy atom. The third-order valence-corrected chi connectivity index (χ3v) is 5.10.